The number of rotatable bonds is 10. The molecule has 4 rings (SSSR count). The number of carboxylic acid groups (broad SMARTS) is 1. The third kappa shape index (κ3) is 5.21. The molecule has 0 aliphatic carbocycles. The van der Waals surface area contributed by atoms with Crippen LogP contribution in [-0.4, -0.2) is 57.6 Å². The van der Waals surface area contributed by atoms with Crippen LogP contribution in [0.1, 0.15) is 19.3 Å². The first kappa shape index (κ1) is 20.9. The van der Waals surface area contributed by atoms with Crippen LogP contribution in [0.4, 0.5) is 0 Å². The molecule has 3 aromatic rings. The summed E-state index contributed by atoms with van der Waals surface area (Å²) in [5, 5.41) is 16.9. The summed E-state index contributed by atoms with van der Waals surface area (Å²) < 4.78 is 18.6. The molecule has 0 spiro atoms. The van der Waals surface area contributed by atoms with Crippen LogP contribution in [0.2, 0.25) is 0 Å². The van der Waals surface area contributed by atoms with Crippen LogP contribution in [0.15, 0.2) is 30.9 Å². The zero-order valence-corrected chi connectivity index (χ0v) is 17.3. The van der Waals surface area contributed by atoms with Gasteiger partial charge in [-0.25, -0.2) is 9.97 Å². The van der Waals surface area contributed by atoms with Crippen LogP contribution in [-0.2, 0) is 11.3 Å². The van der Waals surface area contributed by atoms with Crippen molar-refractivity contribution in [2.45, 2.75) is 25.8 Å². The standard InChI is InChI=1S/C21H25N5O5/c1-29-18-8-17-16(7-19(18)30-6-2-3-14-4-5-22-9-14)21(24-13-23-17)31-15-10-25-26(11-15)12-20(27)28/h7-8,10-11,13-14,22H,2-6,9,12H2,1H3,(H,27,28). The van der Waals surface area contributed by atoms with Gasteiger partial charge in [0.05, 0.1) is 37.0 Å². The van der Waals surface area contributed by atoms with E-state index in [1.807, 2.05) is 6.07 Å². The van der Waals surface area contributed by atoms with E-state index < -0.39 is 5.97 Å². The van der Waals surface area contributed by atoms with Gasteiger partial charge in [0.15, 0.2) is 17.2 Å². The van der Waals surface area contributed by atoms with Crippen molar-refractivity contribution in [1.82, 2.24) is 25.1 Å². The zero-order valence-electron chi connectivity index (χ0n) is 17.3. The molecule has 1 aliphatic rings. The van der Waals surface area contributed by atoms with Crippen LogP contribution in [0, 0.1) is 5.92 Å². The number of hydrogen-bond donors (Lipinski definition) is 2. The lowest BCUT2D eigenvalue weighted by Gasteiger charge is -2.14. The number of hydrogen-bond acceptors (Lipinski definition) is 8. The number of benzene rings is 1. The molecule has 1 unspecified atom stereocenters. The Bertz CT molecular complexity index is 1050. The molecule has 0 bridgehead atoms. The third-order valence-corrected chi connectivity index (χ3v) is 5.18. The number of nitrogens with zero attached hydrogens (tertiary/aromatic N) is 4. The van der Waals surface area contributed by atoms with Gasteiger partial charge in [-0.05, 0) is 44.3 Å². The van der Waals surface area contributed by atoms with Crippen molar-refractivity contribution in [3.05, 3.63) is 30.9 Å². The van der Waals surface area contributed by atoms with E-state index in [0.29, 0.717) is 40.6 Å². The van der Waals surface area contributed by atoms with Crippen molar-refractivity contribution in [3.8, 4) is 23.1 Å². The molecule has 10 heteroatoms. The molecular weight excluding hydrogens is 402 g/mol. The molecule has 1 aliphatic heterocycles. The van der Waals surface area contributed by atoms with E-state index in [2.05, 4.69) is 20.4 Å². The second kappa shape index (κ2) is 9.61. The Balaban J connectivity index is 1.50. The first-order chi connectivity index (χ1) is 15.1. The van der Waals surface area contributed by atoms with Crippen LogP contribution in [0.5, 0.6) is 23.1 Å². The smallest absolute Gasteiger partial charge is 0.325 e. The average molecular weight is 427 g/mol. The highest BCUT2D eigenvalue weighted by molar-refractivity contribution is 5.87. The summed E-state index contributed by atoms with van der Waals surface area (Å²) in [6, 6.07) is 3.59. The van der Waals surface area contributed by atoms with E-state index in [-0.39, 0.29) is 6.54 Å². The number of aromatic nitrogens is 4. The summed E-state index contributed by atoms with van der Waals surface area (Å²) in [5.41, 5.74) is 0.643. The van der Waals surface area contributed by atoms with E-state index in [1.165, 1.54) is 29.8 Å². The molecule has 31 heavy (non-hydrogen) atoms. The van der Waals surface area contributed by atoms with Crippen molar-refractivity contribution >= 4 is 16.9 Å². The number of fused-ring (bicyclic) bond motifs is 1. The van der Waals surface area contributed by atoms with Crippen molar-refractivity contribution in [1.29, 1.82) is 0 Å². The Kier molecular flexibility index (Phi) is 6.46. The minimum atomic E-state index is -0.986. The van der Waals surface area contributed by atoms with Gasteiger partial charge in [0.1, 0.15) is 12.9 Å². The van der Waals surface area contributed by atoms with Gasteiger partial charge in [-0.3, -0.25) is 9.48 Å². The van der Waals surface area contributed by atoms with Crippen LogP contribution < -0.4 is 19.5 Å². The molecule has 0 radical (unpaired) electrons. The molecule has 3 heterocycles. The van der Waals surface area contributed by atoms with E-state index in [4.69, 9.17) is 19.3 Å². The Morgan fingerprint density at radius 2 is 2.23 bits per heavy atom. The number of carboxylic acids is 1. The lowest BCUT2D eigenvalue weighted by Crippen LogP contribution is -2.10. The second-order valence-electron chi connectivity index (χ2n) is 7.42. The molecule has 1 atom stereocenters. The Morgan fingerprint density at radius 3 is 3.00 bits per heavy atom. The second-order valence-corrected chi connectivity index (χ2v) is 7.42. The van der Waals surface area contributed by atoms with Crippen LogP contribution >= 0.6 is 0 Å². The minimum Gasteiger partial charge on any atom is -0.493 e. The molecule has 10 nitrogen and oxygen atoms in total. The van der Waals surface area contributed by atoms with Crippen molar-refractivity contribution in [3.63, 3.8) is 0 Å². The van der Waals surface area contributed by atoms with Crippen molar-refractivity contribution in [2.24, 2.45) is 5.92 Å². The van der Waals surface area contributed by atoms with E-state index in [0.717, 1.165) is 31.8 Å². The summed E-state index contributed by atoms with van der Waals surface area (Å²) in [5.74, 6) is 1.63. The van der Waals surface area contributed by atoms with Gasteiger partial charge >= 0.3 is 5.97 Å². The highest BCUT2D eigenvalue weighted by Crippen LogP contribution is 2.36. The van der Waals surface area contributed by atoms with Gasteiger partial charge in [-0.1, -0.05) is 0 Å². The van der Waals surface area contributed by atoms with Gasteiger partial charge < -0.3 is 24.6 Å². The summed E-state index contributed by atoms with van der Waals surface area (Å²) in [6.45, 7) is 2.52. The van der Waals surface area contributed by atoms with Crippen LogP contribution in [0.3, 0.4) is 0 Å². The SMILES string of the molecule is COc1cc2ncnc(Oc3cnn(CC(=O)O)c3)c2cc1OCCCC1CCNC1. The Hall–Kier alpha value is -3.40. The number of aliphatic carboxylic acids is 1. The molecule has 164 valence electrons. The molecule has 1 aromatic carbocycles. The number of methoxy groups -OCH3 is 1. The summed E-state index contributed by atoms with van der Waals surface area (Å²) >= 11 is 0. The van der Waals surface area contributed by atoms with Crippen molar-refractivity contribution < 1.29 is 24.1 Å². The zero-order chi connectivity index (χ0) is 21.6. The maximum absolute atomic E-state index is 10.8. The monoisotopic (exact) mass is 427 g/mol. The maximum atomic E-state index is 10.8. The van der Waals surface area contributed by atoms with Gasteiger partial charge in [0, 0.05) is 6.07 Å². The van der Waals surface area contributed by atoms with Gasteiger partial charge in [0.25, 0.3) is 0 Å². The molecule has 0 amide bonds. The number of ether oxygens (including phenoxy) is 3. The van der Waals surface area contributed by atoms with Gasteiger partial charge in [-0.2, -0.15) is 5.10 Å². The van der Waals surface area contributed by atoms with Gasteiger partial charge in [-0.15, -0.1) is 0 Å². The highest BCUT2D eigenvalue weighted by atomic mass is 16.5. The first-order valence-electron chi connectivity index (χ1n) is 10.2. The lowest BCUT2D eigenvalue weighted by atomic mass is 10.0. The fraction of sp³-hybridized carbons (Fsp3) is 0.429. The Labute approximate surface area is 179 Å². The van der Waals surface area contributed by atoms with Crippen molar-refractivity contribution in [2.75, 3.05) is 26.8 Å². The van der Waals surface area contributed by atoms with E-state index >= 15 is 0 Å². The van der Waals surface area contributed by atoms with E-state index in [1.54, 1.807) is 13.2 Å². The number of nitrogens with one attached hydrogen (secondary N) is 1. The summed E-state index contributed by atoms with van der Waals surface area (Å²) in [6.07, 6.45) is 7.65. The number of carbonyl (C=O) groups is 1. The molecule has 2 N–H and O–H groups in total. The quantitative estimate of drug-likeness (QED) is 0.470. The van der Waals surface area contributed by atoms with E-state index in [9.17, 15) is 4.79 Å². The Morgan fingerprint density at radius 1 is 1.32 bits per heavy atom. The predicted octanol–water partition coefficient (Wildman–Crippen LogP) is 2.48. The first-order valence-corrected chi connectivity index (χ1v) is 10.2. The molecule has 2 aromatic heterocycles. The normalized spacial score (nSPS) is 15.8. The topological polar surface area (TPSA) is 121 Å². The average Bonchev–Trinajstić information content (AvgIpc) is 3.43. The lowest BCUT2D eigenvalue weighted by molar-refractivity contribution is -0.137. The maximum Gasteiger partial charge on any atom is 0.325 e. The third-order valence-electron chi connectivity index (χ3n) is 5.18. The largest absolute Gasteiger partial charge is 0.493 e. The summed E-state index contributed by atoms with van der Waals surface area (Å²) in [7, 11) is 1.59. The molecule has 1 fully saturated rings. The molecule has 1 saturated heterocycles. The predicted molar refractivity (Wildman–Crippen MR) is 112 cm³/mol. The summed E-state index contributed by atoms with van der Waals surface area (Å²) in [4.78, 5) is 19.4. The van der Waals surface area contributed by atoms with Crippen LogP contribution in [0.25, 0.3) is 10.9 Å². The molecule has 0 saturated carbocycles. The highest BCUT2D eigenvalue weighted by Gasteiger charge is 2.16. The minimum absolute atomic E-state index is 0.250. The fourth-order valence-corrected chi connectivity index (χ4v) is 3.64. The molecular formula is C21H25N5O5. The fourth-order valence-electron chi connectivity index (χ4n) is 3.64. The van der Waals surface area contributed by atoms with Gasteiger partial charge in [0.2, 0.25) is 5.88 Å².